The van der Waals surface area contributed by atoms with Crippen molar-refractivity contribution < 1.29 is 4.11 Å². The molecule has 0 amide bonds. The quantitative estimate of drug-likeness (QED) is 0.572. The van der Waals surface area contributed by atoms with Crippen LogP contribution in [0.25, 0.3) is 10.9 Å². The molecule has 0 fully saturated rings. The van der Waals surface area contributed by atoms with Gasteiger partial charge in [0.2, 0.25) is 0 Å². The van der Waals surface area contributed by atoms with E-state index in [1.165, 1.54) is 6.20 Å². The molecule has 3 nitrogen and oxygen atoms in total. The van der Waals surface area contributed by atoms with Crippen molar-refractivity contribution in [2.75, 3.05) is 5.73 Å². The van der Waals surface area contributed by atoms with E-state index in [-0.39, 0.29) is 0 Å². The first-order valence-corrected chi connectivity index (χ1v) is 3.22. The maximum absolute atomic E-state index is 7.24. The average Bonchev–Trinajstić information content (AvgIpc) is 2.45. The van der Waals surface area contributed by atoms with E-state index in [4.69, 9.17) is 9.85 Å². The van der Waals surface area contributed by atoms with Crippen molar-refractivity contribution in [3.8, 4) is 0 Å². The molecule has 0 atom stereocenters. The zero-order chi connectivity index (χ0) is 10.3. The Hall–Kier alpha value is -1.51. The lowest BCUT2D eigenvalue weighted by molar-refractivity contribution is 0.797. The molecule has 0 saturated carbocycles. The van der Waals surface area contributed by atoms with Crippen LogP contribution >= 0.6 is 0 Å². The monoisotopic (exact) mass is 150 g/mol. The van der Waals surface area contributed by atoms with E-state index < -0.39 is 6.98 Å². The van der Waals surface area contributed by atoms with E-state index >= 15 is 0 Å². The van der Waals surface area contributed by atoms with Gasteiger partial charge in [0.1, 0.15) is 0 Å². The van der Waals surface area contributed by atoms with Crippen molar-refractivity contribution in [2.45, 2.75) is 0 Å². The lowest BCUT2D eigenvalue weighted by atomic mass is 10.2. The van der Waals surface area contributed by atoms with Gasteiger partial charge in [-0.15, -0.1) is 0 Å². The van der Waals surface area contributed by atoms with Crippen LogP contribution in [0.5, 0.6) is 0 Å². The van der Waals surface area contributed by atoms with Crippen LogP contribution in [0, 0.1) is 0 Å². The van der Waals surface area contributed by atoms with Crippen molar-refractivity contribution >= 4 is 16.6 Å². The minimum Gasteiger partial charge on any atom is -0.399 e. The number of fused-ring (bicyclic) bond motifs is 1. The van der Waals surface area contributed by atoms with Gasteiger partial charge in [-0.2, -0.15) is 5.10 Å². The van der Waals surface area contributed by atoms with Crippen LogP contribution in [0.15, 0.2) is 24.4 Å². The molecule has 56 valence electrons. The Morgan fingerprint density at radius 1 is 1.64 bits per heavy atom. The van der Waals surface area contributed by atoms with Crippen molar-refractivity contribution in [2.24, 2.45) is 6.98 Å². The number of hydrogen-bond acceptors (Lipinski definition) is 2. The Balaban J connectivity index is 2.73. The molecule has 0 aliphatic carbocycles. The topological polar surface area (TPSA) is 43.8 Å². The molecular weight excluding hydrogens is 138 g/mol. The summed E-state index contributed by atoms with van der Waals surface area (Å²) in [6.07, 6.45) is 1.52. The van der Waals surface area contributed by atoms with E-state index in [1.54, 1.807) is 18.2 Å². The van der Waals surface area contributed by atoms with E-state index in [0.717, 1.165) is 10.1 Å². The van der Waals surface area contributed by atoms with Gasteiger partial charge in [0.05, 0.1) is 11.7 Å². The Bertz CT molecular complexity index is 472. The second-order valence-electron chi connectivity index (χ2n) is 2.37. The highest BCUT2D eigenvalue weighted by Crippen LogP contribution is 2.15. The van der Waals surface area contributed by atoms with Crippen LogP contribution in [0.2, 0.25) is 0 Å². The van der Waals surface area contributed by atoms with Crippen molar-refractivity contribution in [3.63, 3.8) is 0 Å². The van der Waals surface area contributed by atoms with Crippen LogP contribution in [0.4, 0.5) is 5.69 Å². The minimum atomic E-state index is -2.25. The molecule has 0 radical (unpaired) electrons. The molecule has 1 heterocycles. The average molecular weight is 150 g/mol. The second-order valence-corrected chi connectivity index (χ2v) is 2.37. The number of aryl methyl sites for hydroxylation is 1. The minimum absolute atomic E-state index is 0.531. The number of anilines is 1. The molecule has 0 bridgehead atoms. The number of hydrogen-bond donors (Lipinski definition) is 1. The lowest BCUT2D eigenvalue weighted by Crippen LogP contribution is -1.90. The van der Waals surface area contributed by atoms with Gasteiger partial charge >= 0.3 is 0 Å². The molecule has 0 unspecified atom stereocenters. The molecule has 2 rings (SSSR count). The van der Waals surface area contributed by atoms with Gasteiger partial charge in [-0.25, -0.2) is 0 Å². The molecule has 2 aromatic rings. The SMILES string of the molecule is [2H]C([2H])([2H])n1ncc2ccc(N)cc21. The molecule has 1 aromatic carbocycles. The first-order chi connectivity index (χ1) is 6.48. The summed E-state index contributed by atoms with van der Waals surface area (Å²) in [7, 11) is 0. The van der Waals surface area contributed by atoms with Gasteiger partial charge in [0.15, 0.2) is 0 Å². The number of nitrogens with zero attached hydrogens (tertiary/aromatic N) is 2. The van der Waals surface area contributed by atoms with Gasteiger partial charge < -0.3 is 5.73 Å². The molecule has 0 spiro atoms. The van der Waals surface area contributed by atoms with E-state index in [9.17, 15) is 0 Å². The molecule has 3 heteroatoms. The van der Waals surface area contributed by atoms with Crippen molar-refractivity contribution in [1.29, 1.82) is 0 Å². The first-order valence-electron chi connectivity index (χ1n) is 4.72. The molecule has 1 aromatic heterocycles. The zero-order valence-corrected chi connectivity index (χ0v) is 5.78. The third kappa shape index (κ3) is 0.852. The number of nitrogens with two attached hydrogens (primary N) is 1. The summed E-state index contributed by atoms with van der Waals surface area (Å²) in [6.45, 7) is -2.25. The number of rotatable bonds is 0. The highest BCUT2D eigenvalue weighted by Gasteiger charge is 1.97. The van der Waals surface area contributed by atoms with Crippen LogP contribution in [0.1, 0.15) is 4.11 Å². The Kier molecular flexibility index (Phi) is 0.678. The summed E-state index contributed by atoms with van der Waals surface area (Å²) < 4.78 is 22.7. The Morgan fingerprint density at radius 3 is 3.36 bits per heavy atom. The maximum Gasteiger partial charge on any atom is 0.0699 e. The fraction of sp³-hybridized carbons (Fsp3) is 0.125. The van der Waals surface area contributed by atoms with Gasteiger partial charge in [0.25, 0.3) is 0 Å². The fourth-order valence-electron chi connectivity index (χ4n) is 1.04. The molecule has 2 N–H and O–H groups in total. The number of aromatic nitrogens is 2. The van der Waals surface area contributed by atoms with E-state index in [2.05, 4.69) is 5.10 Å². The molecule has 11 heavy (non-hydrogen) atoms. The second kappa shape index (κ2) is 1.99. The van der Waals surface area contributed by atoms with Crippen LogP contribution in [0.3, 0.4) is 0 Å². The predicted molar refractivity (Wildman–Crippen MR) is 45.1 cm³/mol. The fourth-order valence-corrected chi connectivity index (χ4v) is 1.04. The largest absolute Gasteiger partial charge is 0.399 e. The first kappa shape index (κ1) is 3.76. The predicted octanol–water partition coefficient (Wildman–Crippen LogP) is 1.16. The molecule has 0 aliphatic rings. The lowest BCUT2D eigenvalue weighted by Gasteiger charge is -1.94. The standard InChI is InChI=1S/C8H9N3/c1-11-8-4-7(9)3-2-6(8)5-10-11/h2-5H,9H2,1H3/i1D3. The van der Waals surface area contributed by atoms with Crippen LogP contribution in [-0.2, 0) is 6.98 Å². The summed E-state index contributed by atoms with van der Waals surface area (Å²) in [5.74, 6) is 0. The Morgan fingerprint density at radius 2 is 2.55 bits per heavy atom. The van der Waals surface area contributed by atoms with Crippen LogP contribution in [-0.4, -0.2) is 9.78 Å². The van der Waals surface area contributed by atoms with Gasteiger partial charge in [0, 0.05) is 22.2 Å². The molecule has 0 aliphatic heterocycles. The third-order valence-corrected chi connectivity index (χ3v) is 1.59. The van der Waals surface area contributed by atoms with Gasteiger partial charge in [-0.1, -0.05) is 0 Å². The number of benzene rings is 1. The normalized spacial score (nSPS) is 15.8. The highest BCUT2D eigenvalue weighted by atomic mass is 15.2. The van der Waals surface area contributed by atoms with Gasteiger partial charge in [-0.3, -0.25) is 4.68 Å². The van der Waals surface area contributed by atoms with Gasteiger partial charge in [-0.05, 0) is 18.2 Å². The van der Waals surface area contributed by atoms with Crippen molar-refractivity contribution in [1.82, 2.24) is 9.78 Å². The third-order valence-electron chi connectivity index (χ3n) is 1.59. The number of nitrogen functional groups attached to an aromatic ring is 1. The smallest absolute Gasteiger partial charge is 0.0699 e. The van der Waals surface area contributed by atoms with E-state index in [0.29, 0.717) is 11.2 Å². The zero-order valence-electron chi connectivity index (χ0n) is 8.78. The summed E-state index contributed by atoms with van der Waals surface area (Å²) in [5.41, 5.74) is 6.63. The molecular formula is C8H9N3. The Labute approximate surface area is 68.6 Å². The summed E-state index contributed by atoms with van der Waals surface area (Å²) in [5, 5.41) is 4.58. The summed E-state index contributed by atoms with van der Waals surface area (Å²) >= 11 is 0. The van der Waals surface area contributed by atoms with E-state index in [1.807, 2.05) is 0 Å². The van der Waals surface area contributed by atoms with Crippen molar-refractivity contribution in [3.05, 3.63) is 24.4 Å². The highest BCUT2D eigenvalue weighted by molar-refractivity contribution is 5.81. The maximum atomic E-state index is 7.24. The summed E-state index contributed by atoms with van der Waals surface area (Å²) in [4.78, 5) is 0. The van der Waals surface area contributed by atoms with Crippen LogP contribution < -0.4 is 5.73 Å². The molecule has 0 saturated heterocycles. The summed E-state index contributed by atoms with van der Waals surface area (Å²) in [6, 6.07) is 5.07.